The summed E-state index contributed by atoms with van der Waals surface area (Å²) in [7, 11) is 0. The predicted molar refractivity (Wildman–Crippen MR) is 81.9 cm³/mol. The van der Waals surface area contributed by atoms with Crippen LogP contribution in [0.15, 0.2) is 30.3 Å². The fourth-order valence-electron chi connectivity index (χ4n) is 2.16. The fourth-order valence-corrected chi connectivity index (χ4v) is 2.16. The van der Waals surface area contributed by atoms with Crippen molar-refractivity contribution in [2.45, 2.75) is 19.4 Å². The maximum Gasteiger partial charge on any atom is 0.327 e. The van der Waals surface area contributed by atoms with Crippen molar-refractivity contribution >= 4 is 18.0 Å². The molecular weight excluding hydrogens is 300 g/mol. The Kier molecular flexibility index (Phi) is 6.74. The van der Waals surface area contributed by atoms with Crippen molar-refractivity contribution in [3.05, 3.63) is 41.5 Å². The van der Waals surface area contributed by atoms with E-state index in [2.05, 4.69) is 5.48 Å². The molecule has 0 bridgehead atoms. The van der Waals surface area contributed by atoms with Crippen molar-refractivity contribution in [2.24, 2.45) is 5.92 Å². The predicted octanol–water partition coefficient (Wildman–Crippen LogP) is 1.18. The van der Waals surface area contributed by atoms with Crippen molar-refractivity contribution in [3.63, 3.8) is 0 Å². The number of nitrogens with one attached hydrogen (secondary N) is 2. The van der Waals surface area contributed by atoms with Crippen LogP contribution in [0.3, 0.4) is 0 Å². The lowest BCUT2D eigenvalue weighted by Gasteiger charge is -2.20. The van der Waals surface area contributed by atoms with Crippen LogP contribution in [0.25, 0.3) is 6.08 Å². The van der Waals surface area contributed by atoms with Gasteiger partial charge in [0, 0.05) is 19.3 Å². The van der Waals surface area contributed by atoms with Crippen LogP contribution in [0.1, 0.15) is 24.0 Å². The molecule has 0 aromatic heterocycles. The van der Waals surface area contributed by atoms with Gasteiger partial charge in [0.2, 0.25) is 0 Å². The standard InChI is InChI=1S/C16H20N2O5/c19-15(18-21)6-5-12-1-3-13(4-2-12)11-17-23-16(20)14-7-9-22-10-8-14/h1-6,14,17,21H,7-11H2,(H,18,19). The third-order valence-electron chi connectivity index (χ3n) is 3.52. The Morgan fingerprint density at radius 3 is 2.61 bits per heavy atom. The minimum atomic E-state index is -0.587. The number of carbonyl (C=O) groups is 2. The number of hydrogen-bond donors (Lipinski definition) is 3. The summed E-state index contributed by atoms with van der Waals surface area (Å²) in [6, 6.07) is 7.34. The van der Waals surface area contributed by atoms with Gasteiger partial charge in [-0.3, -0.25) is 14.8 Å². The Morgan fingerprint density at radius 2 is 1.96 bits per heavy atom. The molecule has 1 aromatic rings. The maximum atomic E-state index is 11.8. The summed E-state index contributed by atoms with van der Waals surface area (Å²) < 4.78 is 5.20. The van der Waals surface area contributed by atoms with Crippen LogP contribution >= 0.6 is 0 Å². The molecule has 0 radical (unpaired) electrons. The van der Waals surface area contributed by atoms with Gasteiger partial charge in [0.1, 0.15) is 0 Å². The Hall–Kier alpha value is -2.22. The first kappa shape index (κ1) is 17.1. The Balaban J connectivity index is 1.74. The molecule has 124 valence electrons. The Labute approximate surface area is 134 Å². The van der Waals surface area contributed by atoms with Gasteiger partial charge in [-0.1, -0.05) is 24.3 Å². The third-order valence-corrected chi connectivity index (χ3v) is 3.52. The molecule has 23 heavy (non-hydrogen) atoms. The van der Waals surface area contributed by atoms with E-state index < -0.39 is 5.91 Å². The Bertz CT molecular complexity index is 550. The van der Waals surface area contributed by atoms with E-state index >= 15 is 0 Å². The number of ether oxygens (including phenoxy) is 1. The molecule has 1 amide bonds. The molecule has 1 aromatic carbocycles. The number of carbonyl (C=O) groups excluding carboxylic acids is 2. The lowest BCUT2D eigenvalue weighted by Crippen LogP contribution is -2.29. The zero-order chi connectivity index (χ0) is 16.5. The second kappa shape index (κ2) is 9.04. The van der Waals surface area contributed by atoms with Gasteiger partial charge in [-0.05, 0) is 30.0 Å². The van der Waals surface area contributed by atoms with Gasteiger partial charge in [0.25, 0.3) is 5.91 Å². The third kappa shape index (κ3) is 5.82. The first-order chi connectivity index (χ1) is 11.2. The van der Waals surface area contributed by atoms with Crippen LogP contribution in [-0.2, 0) is 25.7 Å². The summed E-state index contributed by atoms with van der Waals surface area (Å²) in [6.45, 7) is 1.60. The molecule has 1 saturated heterocycles. The summed E-state index contributed by atoms with van der Waals surface area (Å²) in [5.74, 6) is -0.930. The van der Waals surface area contributed by atoms with E-state index in [1.807, 2.05) is 24.3 Å². The average Bonchev–Trinajstić information content (AvgIpc) is 2.61. The first-order valence-electron chi connectivity index (χ1n) is 7.41. The molecule has 7 nitrogen and oxygen atoms in total. The second-order valence-electron chi connectivity index (χ2n) is 5.18. The van der Waals surface area contributed by atoms with E-state index in [-0.39, 0.29) is 11.9 Å². The molecule has 1 heterocycles. The van der Waals surface area contributed by atoms with Gasteiger partial charge in [0.15, 0.2) is 0 Å². The largest absolute Gasteiger partial charge is 0.381 e. The average molecular weight is 320 g/mol. The molecule has 0 aliphatic carbocycles. The highest BCUT2D eigenvalue weighted by Crippen LogP contribution is 2.15. The summed E-state index contributed by atoms with van der Waals surface area (Å²) >= 11 is 0. The van der Waals surface area contributed by atoms with Gasteiger partial charge >= 0.3 is 5.97 Å². The van der Waals surface area contributed by atoms with Crippen LogP contribution in [0.4, 0.5) is 0 Å². The molecule has 0 saturated carbocycles. The van der Waals surface area contributed by atoms with Gasteiger partial charge < -0.3 is 9.57 Å². The van der Waals surface area contributed by atoms with Crippen molar-refractivity contribution in [1.29, 1.82) is 0 Å². The summed E-state index contributed by atoms with van der Waals surface area (Å²) in [6.07, 6.45) is 4.20. The summed E-state index contributed by atoms with van der Waals surface area (Å²) in [4.78, 5) is 27.8. The number of benzene rings is 1. The molecule has 3 N–H and O–H groups in total. The zero-order valence-corrected chi connectivity index (χ0v) is 12.7. The lowest BCUT2D eigenvalue weighted by molar-refractivity contribution is -0.159. The molecule has 0 spiro atoms. The number of rotatable bonds is 6. The molecule has 7 heteroatoms. The highest BCUT2D eigenvalue weighted by atomic mass is 16.7. The van der Waals surface area contributed by atoms with Gasteiger partial charge in [-0.15, -0.1) is 5.48 Å². The van der Waals surface area contributed by atoms with Gasteiger partial charge in [-0.2, -0.15) is 0 Å². The first-order valence-corrected chi connectivity index (χ1v) is 7.41. The number of amides is 1. The highest BCUT2D eigenvalue weighted by molar-refractivity contribution is 5.90. The smallest absolute Gasteiger partial charge is 0.327 e. The molecule has 1 aliphatic rings. The second-order valence-corrected chi connectivity index (χ2v) is 5.18. The SMILES string of the molecule is O=C(C=Cc1ccc(CNOC(=O)C2CCOCC2)cc1)NO. The van der Waals surface area contributed by atoms with Crippen molar-refractivity contribution in [1.82, 2.24) is 11.0 Å². The van der Waals surface area contributed by atoms with E-state index in [1.54, 1.807) is 6.08 Å². The minimum Gasteiger partial charge on any atom is -0.381 e. The van der Waals surface area contributed by atoms with Crippen molar-refractivity contribution in [3.8, 4) is 0 Å². The van der Waals surface area contributed by atoms with E-state index in [0.29, 0.717) is 32.6 Å². The topological polar surface area (TPSA) is 96.9 Å². The lowest BCUT2D eigenvalue weighted by atomic mass is 10.0. The number of hydrogen-bond acceptors (Lipinski definition) is 6. The van der Waals surface area contributed by atoms with E-state index in [9.17, 15) is 9.59 Å². The van der Waals surface area contributed by atoms with Crippen LogP contribution in [0.2, 0.25) is 0 Å². The molecule has 1 fully saturated rings. The van der Waals surface area contributed by atoms with Crippen LogP contribution in [-0.4, -0.2) is 30.3 Å². The maximum absolute atomic E-state index is 11.8. The molecule has 0 unspecified atom stereocenters. The van der Waals surface area contributed by atoms with Crippen molar-refractivity contribution in [2.75, 3.05) is 13.2 Å². The van der Waals surface area contributed by atoms with Crippen LogP contribution < -0.4 is 11.0 Å². The Morgan fingerprint density at radius 1 is 1.26 bits per heavy atom. The molecule has 1 aliphatic heterocycles. The van der Waals surface area contributed by atoms with E-state index in [4.69, 9.17) is 14.8 Å². The normalized spacial score (nSPS) is 15.5. The highest BCUT2D eigenvalue weighted by Gasteiger charge is 2.23. The van der Waals surface area contributed by atoms with Crippen LogP contribution in [0, 0.1) is 5.92 Å². The van der Waals surface area contributed by atoms with E-state index in [0.717, 1.165) is 11.1 Å². The minimum absolute atomic E-state index is 0.0959. The number of hydroxylamine groups is 2. The van der Waals surface area contributed by atoms with Crippen molar-refractivity contribution < 1.29 is 24.4 Å². The quantitative estimate of drug-likeness (QED) is 0.414. The zero-order valence-electron chi connectivity index (χ0n) is 12.7. The summed E-state index contributed by atoms with van der Waals surface area (Å²) in [5.41, 5.74) is 5.95. The molecule has 0 atom stereocenters. The van der Waals surface area contributed by atoms with Crippen LogP contribution in [0.5, 0.6) is 0 Å². The summed E-state index contributed by atoms with van der Waals surface area (Å²) in [5, 5.41) is 8.39. The molecule has 2 rings (SSSR count). The monoisotopic (exact) mass is 320 g/mol. The molecular formula is C16H20N2O5. The van der Waals surface area contributed by atoms with Gasteiger partial charge in [-0.25, -0.2) is 5.48 Å². The van der Waals surface area contributed by atoms with E-state index in [1.165, 1.54) is 11.6 Å². The van der Waals surface area contributed by atoms with Gasteiger partial charge in [0.05, 0.1) is 12.5 Å². The fraction of sp³-hybridized carbons (Fsp3) is 0.375.